The number of allylic oxidation sites excluding steroid dienone is 2. The monoisotopic (exact) mass is 919 g/mol. The highest BCUT2D eigenvalue weighted by Crippen LogP contribution is 2.24. The van der Waals surface area contributed by atoms with Crippen LogP contribution in [0, 0.1) is 0 Å². The average molecular weight is 919 g/mol. The Balaban J connectivity index is 2.37. The van der Waals surface area contributed by atoms with E-state index in [0.717, 1.165) is 38.5 Å². The maximum Gasteiger partial charge on any atom is 0.306 e. The second-order valence-corrected chi connectivity index (χ2v) is 19.7. The summed E-state index contributed by atoms with van der Waals surface area (Å²) >= 11 is 0. The zero-order valence-corrected chi connectivity index (χ0v) is 40.8. The first kappa shape index (κ1) is 59.4. The first-order valence-electron chi connectivity index (χ1n) is 25.7. The lowest BCUT2D eigenvalue weighted by Crippen LogP contribution is -2.60. The van der Waals surface area contributed by atoms with Gasteiger partial charge in [0.15, 0.2) is 12.4 Å². The van der Waals surface area contributed by atoms with Crippen molar-refractivity contribution >= 4 is 22.1 Å². The average Bonchev–Trinajstić information content (AvgIpc) is 3.25. The maximum absolute atomic E-state index is 12.9. The molecule has 0 aromatic heterocycles. The fraction of sp³-hybridized carbons (Fsp3) is 0.920. The number of carbonyl (C=O) groups excluding carboxylic acids is 2. The van der Waals surface area contributed by atoms with Crippen molar-refractivity contribution in [1.82, 2.24) is 0 Å². The zero-order valence-electron chi connectivity index (χ0n) is 40.0. The molecule has 0 spiro atoms. The van der Waals surface area contributed by atoms with Gasteiger partial charge in [-0.1, -0.05) is 199 Å². The molecule has 0 saturated carbocycles. The van der Waals surface area contributed by atoms with Crippen molar-refractivity contribution in [2.45, 2.75) is 275 Å². The van der Waals surface area contributed by atoms with Crippen LogP contribution in [0.5, 0.6) is 0 Å². The molecule has 0 radical (unpaired) electrons. The van der Waals surface area contributed by atoms with Gasteiger partial charge in [-0.3, -0.25) is 14.1 Å². The van der Waals surface area contributed by atoms with Crippen LogP contribution in [0.3, 0.4) is 0 Å². The first-order valence-corrected chi connectivity index (χ1v) is 27.4. The molecule has 6 atom stereocenters. The summed E-state index contributed by atoms with van der Waals surface area (Å²) in [4.78, 5) is 25.5. The number of aliphatic hydroxyl groups is 3. The van der Waals surface area contributed by atoms with Crippen LogP contribution in [-0.4, -0.2) is 96.0 Å². The molecule has 0 amide bonds. The van der Waals surface area contributed by atoms with Crippen molar-refractivity contribution < 1.29 is 56.8 Å². The second-order valence-electron chi connectivity index (χ2n) is 18.2. The van der Waals surface area contributed by atoms with Gasteiger partial charge in [0.1, 0.15) is 36.8 Å². The molecule has 63 heavy (non-hydrogen) atoms. The number of hydrogen-bond acceptors (Lipinski definition) is 11. The Labute approximate surface area is 384 Å². The second kappa shape index (κ2) is 40.6. The molecule has 0 bridgehead atoms. The number of ether oxygens (including phenoxy) is 4. The summed E-state index contributed by atoms with van der Waals surface area (Å²) in [5.74, 6) is -1.99. The van der Waals surface area contributed by atoms with Crippen LogP contribution < -0.4 is 0 Å². The molecule has 1 rings (SSSR count). The van der Waals surface area contributed by atoms with Gasteiger partial charge in [0.25, 0.3) is 10.1 Å². The van der Waals surface area contributed by atoms with Crippen molar-refractivity contribution in [3.8, 4) is 0 Å². The van der Waals surface area contributed by atoms with E-state index in [9.17, 15) is 37.9 Å². The lowest BCUT2D eigenvalue weighted by atomic mass is 10.00. The molecule has 1 aliphatic rings. The SMILES string of the molecule is CCCCCCCCCCC/C=C/CCCCC(=O)OC[C@H](CO[C@H]1O[C@H](CS(=O)(=O)O)[C@@H](O)C(O)C1O)OC(=O)CCCCCCCCCCCCCCCCCCCCCC. The van der Waals surface area contributed by atoms with E-state index in [-0.39, 0.29) is 19.4 Å². The predicted molar refractivity (Wildman–Crippen MR) is 252 cm³/mol. The van der Waals surface area contributed by atoms with Crippen LogP contribution in [0.25, 0.3) is 0 Å². The van der Waals surface area contributed by atoms with Crippen molar-refractivity contribution in [3.63, 3.8) is 0 Å². The van der Waals surface area contributed by atoms with Gasteiger partial charge in [0.05, 0.1) is 6.61 Å². The Hall–Kier alpha value is -1.61. The van der Waals surface area contributed by atoms with Gasteiger partial charge < -0.3 is 34.3 Å². The summed E-state index contributed by atoms with van der Waals surface area (Å²) in [6.07, 6.45) is 35.4. The van der Waals surface area contributed by atoms with Gasteiger partial charge in [-0.15, -0.1) is 0 Å². The third-order valence-electron chi connectivity index (χ3n) is 12.1. The quantitative estimate of drug-likeness (QED) is 0.0196. The molecule has 0 aliphatic carbocycles. The van der Waals surface area contributed by atoms with E-state index in [0.29, 0.717) is 12.8 Å². The Kier molecular flexibility index (Phi) is 38.3. The summed E-state index contributed by atoms with van der Waals surface area (Å²) in [5, 5.41) is 31.0. The van der Waals surface area contributed by atoms with Crippen LogP contribution >= 0.6 is 0 Å². The van der Waals surface area contributed by atoms with E-state index in [1.54, 1.807) is 0 Å². The van der Waals surface area contributed by atoms with Gasteiger partial charge in [0, 0.05) is 12.8 Å². The van der Waals surface area contributed by atoms with Crippen LogP contribution in [0.15, 0.2) is 12.2 Å². The summed E-state index contributed by atoms with van der Waals surface area (Å²) < 4.78 is 54.2. The molecule has 1 saturated heterocycles. The molecule has 0 aromatic rings. The van der Waals surface area contributed by atoms with Gasteiger partial charge >= 0.3 is 11.9 Å². The fourth-order valence-corrected chi connectivity index (χ4v) is 8.78. The standard InChI is InChI=1S/C50H94O12S/c1-3-5-7-9-11-13-15-17-19-20-21-22-23-25-27-29-31-33-35-37-39-46(52)61-43(41-60-50-49(55)48(54)47(53)44(62-50)42-63(56,57)58)40-59-45(51)38-36-34-32-30-28-26-24-18-16-14-12-10-8-6-4-2/h28,30,43-44,47-50,53-55H,3-27,29,31-42H2,1-2H3,(H,56,57,58)/b30-28+/t43-,44-,47-,48?,49?,50+/m1/s1. The molecular weight excluding hydrogens is 825 g/mol. The highest BCUT2D eigenvalue weighted by molar-refractivity contribution is 7.85. The topological polar surface area (TPSA) is 186 Å². The molecule has 1 aliphatic heterocycles. The van der Waals surface area contributed by atoms with E-state index in [1.807, 2.05) is 0 Å². The Morgan fingerprint density at radius 3 is 1.35 bits per heavy atom. The molecular formula is C50H94O12S. The first-order chi connectivity index (χ1) is 30.5. The minimum absolute atomic E-state index is 0.167. The van der Waals surface area contributed by atoms with Gasteiger partial charge in [-0.25, -0.2) is 0 Å². The summed E-state index contributed by atoms with van der Waals surface area (Å²) in [7, 11) is -4.60. The Bertz CT molecular complexity index is 1210. The number of unbranched alkanes of at least 4 members (excludes halogenated alkanes) is 30. The highest BCUT2D eigenvalue weighted by atomic mass is 32.2. The summed E-state index contributed by atoms with van der Waals surface area (Å²) in [6, 6.07) is 0. The minimum atomic E-state index is -4.60. The molecule has 12 nitrogen and oxygen atoms in total. The molecule has 0 aromatic carbocycles. The van der Waals surface area contributed by atoms with E-state index in [4.69, 9.17) is 18.9 Å². The largest absolute Gasteiger partial charge is 0.462 e. The Morgan fingerprint density at radius 1 is 0.524 bits per heavy atom. The fourth-order valence-electron chi connectivity index (χ4n) is 8.09. The summed E-state index contributed by atoms with van der Waals surface area (Å²) in [6.45, 7) is 3.78. The number of esters is 2. The molecule has 1 fully saturated rings. The summed E-state index contributed by atoms with van der Waals surface area (Å²) in [5.41, 5.74) is 0. The van der Waals surface area contributed by atoms with Gasteiger partial charge in [0.2, 0.25) is 0 Å². The zero-order chi connectivity index (χ0) is 46.2. The van der Waals surface area contributed by atoms with Crippen LogP contribution in [0.1, 0.15) is 239 Å². The van der Waals surface area contributed by atoms with E-state index >= 15 is 0 Å². The van der Waals surface area contributed by atoms with Crippen molar-refractivity contribution in [3.05, 3.63) is 12.2 Å². The normalized spacial score (nSPS) is 19.7. The van der Waals surface area contributed by atoms with Crippen LogP contribution in [-0.2, 0) is 38.7 Å². The minimum Gasteiger partial charge on any atom is -0.462 e. The molecule has 372 valence electrons. The van der Waals surface area contributed by atoms with Crippen molar-refractivity contribution in [2.75, 3.05) is 19.0 Å². The van der Waals surface area contributed by atoms with E-state index in [2.05, 4.69) is 26.0 Å². The predicted octanol–water partition coefficient (Wildman–Crippen LogP) is 11.4. The highest BCUT2D eigenvalue weighted by Gasteiger charge is 2.46. The van der Waals surface area contributed by atoms with Crippen LogP contribution in [0.2, 0.25) is 0 Å². The van der Waals surface area contributed by atoms with Gasteiger partial charge in [-0.05, 0) is 38.5 Å². The van der Waals surface area contributed by atoms with E-state index in [1.165, 1.54) is 161 Å². The molecule has 1 heterocycles. The van der Waals surface area contributed by atoms with Crippen LogP contribution in [0.4, 0.5) is 0 Å². The maximum atomic E-state index is 12.9. The molecule has 4 N–H and O–H groups in total. The lowest BCUT2D eigenvalue weighted by Gasteiger charge is -2.40. The number of carbonyl (C=O) groups is 2. The smallest absolute Gasteiger partial charge is 0.306 e. The third-order valence-corrected chi connectivity index (χ3v) is 12.8. The lowest BCUT2D eigenvalue weighted by molar-refractivity contribution is -0.297. The van der Waals surface area contributed by atoms with E-state index < -0.39 is 71.2 Å². The number of hydrogen-bond donors (Lipinski definition) is 4. The molecule has 2 unspecified atom stereocenters. The molecule has 13 heteroatoms. The number of aliphatic hydroxyl groups excluding tert-OH is 3. The number of rotatable bonds is 44. The van der Waals surface area contributed by atoms with Gasteiger partial charge in [-0.2, -0.15) is 8.42 Å². The van der Waals surface area contributed by atoms with Crippen molar-refractivity contribution in [2.24, 2.45) is 0 Å². The Morgan fingerprint density at radius 2 is 0.905 bits per heavy atom. The van der Waals surface area contributed by atoms with Crippen molar-refractivity contribution in [1.29, 1.82) is 0 Å². The third kappa shape index (κ3) is 35.3.